The van der Waals surface area contributed by atoms with Crippen LogP contribution in [0.1, 0.15) is 6.42 Å². The van der Waals surface area contributed by atoms with Gasteiger partial charge < -0.3 is 9.67 Å². The molecule has 92 valence electrons. The first-order valence-corrected chi connectivity index (χ1v) is 7.06. The summed E-state index contributed by atoms with van der Waals surface area (Å²) in [5, 5.41) is 8.44. The summed E-state index contributed by atoms with van der Waals surface area (Å²) in [7, 11) is 1.30. The molecule has 0 spiro atoms. The number of halogens is 1. The third-order valence-corrected chi connectivity index (χ3v) is 3.35. The lowest BCUT2D eigenvalue weighted by molar-refractivity contribution is 0.280. The molecule has 7 nitrogen and oxygen atoms in total. The molecule has 2 heterocycles. The number of hydrogen-bond acceptors (Lipinski definition) is 6. The van der Waals surface area contributed by atoms with Gasteiger partial charge in [0.05, 0.1) is 6.33 Å². The van der Waals surface area contributed by atoms with Gasteiger partial charge in [0.1, 0.15) is 11.8 Å². The molecular formula is C8H9ClN4O3S. The predicted molar refractivity (Wildman–Crippen MR) is 60.1 cm³/mol. The number of aromatic nitrogens is 4. The fraction of sp³-hybridized carbons (Fsp3) is 0.375. The van der Waals surface area contributed by atoms with Gasteiger partial charge in [0.15, 0.2) is 5.65 Å². The summed E-state index contributed by atoms with van der Waals surface area (Å²) in [5.41, 5.74) is 0.521. The fourth-order valence-corrected chi connectivity index (χ4v) is 2.33. The van der Waals surface area contributed by atoms with Gasteiger partial charge in [0.2, 0.25) is 5.03 Å². The maximum atomic E-state index is 11.3. The molecule has 9 heteroatoms. The molecule has 0 radical (unpaired) electrons. The molecule has 0 aliphatic heterocycles. The van der Waals surface area contributed by atoms with Crippen LogP contribution < -0.4 is 0 Å². The van der Waals surface area contributed by atoms with Crippen molar-refractivity contribution >= 4 is 30.9 Å². The molecule has 0 atom stereocenters. The smallest absolute Gasteiger partial charge is 0.281 e. The summed E-state index contributed by atoms with van der Waals surface area (Å²) in [6, 6.07) is 0. The van der Waals surface area contributed by atoms with Gasteiger partial charge in [0, 0.05) is 23.8 Å². The SMILES string of the molecule is O=S(=O)(Cl)c1ncnc2c1ncn2CCCO. The van der Waals surface area contributed by atoms with Crippen LogP contribution in [-0.2, 0) is 15.6 Å². The van der Waals surface area contributed by atoms with E-state index >= 15 is 0 Å². The monoisotopic (exact) mass is 276 g/mol. The van der Waals surface area contributed by atoms with E-state index in [2.05, 4.69) is 15.0 Å². The molecule has 0 saturated carbocycles. The summed E-state index contributed by atoms with van der Waals surface area (Å²) < 4.78 is 24.1. The fourth-order valence-electron chi connectivity index (χ4n) is 1.44. The molecule has 0 aliphatic rings. The number of hydrogen-bond donors (Lipinski definition) is 1. The Hall–Kier alpha value is -1.25. The van der Waals surface area contributed by atoms with Crippen LogP contribution in [0.3, 0.4) is 0 Å². The van der Waals surface area contributed by atoms with Crippen LogP contribution in [0.4, 0.5) is 0 Å². The molecule has 1 N–H and O–H groups in total. The van der Waals surface area contributed by atoms with Gasteiger partial charge in [-0.25, -0.2) is 23.4 Å². The largest absolute Gasteiger partial charge is 0.396 e. The number of aliphatic hydroxyl groups excluding tert-OH is 1. The zero-order chi connectivity index (χ0) is 12.5. The lowest BCUT2D eigenvalue weighted by atomic mass is 10.4. The van der Waals surface area contributed by atoms with Crippen molar-refractivity contribution in [2.45, 2.75) is 18.0 Å². The van der Waals surface area contributed by atoms with E-state index in [0.717, 1.165) is 6.33 Å². The van der Waals surface area contributed by atoms with Crippen molar-refractivity contribution in [2.75, 3.05) is 6.61 Å². The first-order valence-electron chi connectivity index (χ1n) is 4.75. The van der Waals surface area contributed by atoms with Gasteiger partial charge in [0.25, 0.3) is 9.05 Å². The van der Waals surface area contributed by atoms with Crippen molar-refractivity contribution < 1.29 is 13.5 Å². The van der Waals surface area contributed by atoms with Gasteiger partial charge in [-0.2, -0.15) is 0 Å². The van der Waals surface area contributed by atoms with Crippen LogP contribution in [0.15, 0.2) is 17.7 Å². The summed E-state index contributed by atoms with van der Waals surface area (Å²) in [4.78, 5) is 11.5. The van der Waals surface area contributed by atoms with Crippen molar-refractivity contribution in [3.63, 3.8) is 0 Å². The van der Waals surface area contributed by atoms with Gasteiger partial charge in [-0.3, -0.25) is 0 Å². The highest BCUT2D eigenvalue weighted by atomic mass is 35.7. The first-order chi connectivity index (χ1) is 8.04. The Balaban J connectivity index is 2.57. The molecule has 0 unspecified atom stereocenters. The highest BCUT2D eigenvalue weighted by Crippen LogP contribution is 2.20. The Morgan fingerprint density at radius 3 is 2.76 bits per heavy atom. The van der Waals surface area contributed by atoms with Crippen LogP contribution in [0.5, 0.6) is 0 Å². The molecule has 0 saturated heterocycles. The molecule has 0 aliphatic carbocycles. The van der Waals surface area contributed by atoms with Gasteiger partial charge in [-0.05, 0) is 6.42 Å². The van der Waals surface area contributed by atoms with Gasteiger partial charge in [-0.15, -0.1) is 0 Å². The Kier molecular flexibility index (Phi) is 3.27. The summed E-state index contributed by atoms with van der Waals surface area (Å²) >= 11 is 0. The second-order valence-corrected chi connectivity index (χ2v) is 5.79. The van der Waals surface area contributed by atoms with E-state index in [-0.39, 0.29) is 17.1 Å². The lowest BCUT2D eigenvalue weighted by Crippen LogP contribution is -2.02. The maximum Gasteiger partial charge on any atom is 0.281 e. The Morgan fingerprint density at radius 1 is 1.35 bits per heavy atom. The zero-order valence-electron chi connectivity index (χ0n) is 8.61. The minimum absolute atomic E-state index is 0.0332. The van der Waals surface area contributed by atoms with E-state index in [9.17, 15) is 8.42 Å². The van der Waals surface area contributed by atoms with E-state index in [1.807, 2.05) is 0 Å². The Labute approximate surface area is 102 Å². The van der Waals surface area contributed by atoms with Crippen molar-refractivity contribution in [2.24, 2.45) is 0 Å². The average Bonchev–Trinajstić information content (AvgIpc) is 2.67. The molecule has 2 aromatic rings. The summed E-state index contributed by atoms with van der Waals surface area (Å²) in [5.74, 6) is 0. The number of nitrogens with zero attached hydrogens (tertiary/aromatic N) is 4. The molecule has 17 heavy (non-hydrogen) atoms. The van der Waals surface area contributed by atoms with Gasteiger partial charge in [-0.1, -0.05) is 0 Å². The molecule has 0 amide bonds. The number of aryl methyl sites for hydroxylation is 1. The van der Waals surface area contributed by atoms with Crippen molar-refractivity contribution in [3.8, 4) is 0 Å². The summed E-state index contributed by atoms with van der Waals surface area (Å²) in [6.07, 6.45) is 3.09. The second-order valence-electron chi connectivity index (χ2n) is 3.30. The van der Waals surface area contributed by atoms with Crippen molar-refractivity contribution in [1.82, 2.24) is 19.5 Å². The van der Waals surface area contributed by atoms with Crippen LogP contribution in [0, 0.1) is 0 Å². The van der Waals surface area contributed by atoms with E-state index in [0.29, 0.717) is 18.6 Å². The average molecular weight is 277 g/mol. The Morgan fingerprint density at radius 2 is 2.12 bits per heavy atom. The topological polar surface area (TPSA) is 98.0 Å². The first kappa shape index (κ1) is 12.2. The minimum Gasteiger partial charge on any atom is -0.396 e. The van der Waals surface area contributed by atoms with E-state index in [1.165, 1.54) is 6.33 Å². The quantitative estimate of drug-likeness (QED) is 0.630. The zero-order valence-corrected chi connectivity index (χ0v) is 10.2. The van der Waals surface area contributed by atoms with Crippen molar-refractivity contribution in [3.05, 3.63) is 12.7 Å². The van der Waals surface area contributed by atoms with E-state index in [1.54, 1.807) is 4.57 Å². The third kappa shape index (κ3) is 2.38. The molecule has 0 bridgehead atoms. The predicted octanol–water partition coefficient (Wildman–Crippen LogP) is 0.136. The highest BCUT2D eigenvalue weighted by molar-refractivity contribution is 8.13. The molecular weight excluding hydrogens is 268 g/mol. The molecule has 2 aromatic heterocycles. The number of rotatable bonds is 4. The number of aliphatic hydroxyl groups is 1. The summed E-state index contributed by atoms with van der Waals surface area (Å²) in [6.45, 7) is 0.525. The van der Waals surface area contributed by atoms with Crippen molar-refractivity contribution in [1.29, 1.82) is 0 Å². The van der Waals surface area contributed by atoms with Crippen LogP contribution in [0.2, 0.25) is 0 Å². The van der Waals surface area contributed by atoms with E-state index < -0.39 is 9.05 Å². The van der Waals surface area contributed by atoms with Gasteiger partial charge >= 0.3 is 0 Å². The molecule has 2 rings (SSSR count). The number of fused-ring (bicyclic) bond motifs is 1. The molecule has 0 fully saturated rings. The third-order valence-electron chi connectivity index (χ3n) is 2.16. The minimum atomic E-state index is -3.94. The maximum absolute atomic E-state index is 11.3. The van der Waals surface area contributed by atoms with Crippen LogP contribution in [0.25, 0.3) is 11.2 Å². The Bertz CT molecular complexity index is 639. The van der Waals surface area contributed by atoms with E-state index in [4.69, 9.17) is 15.8 Å². The van der Waals surface area contributed by atoms with Crippen LogP contribution in [-0.4, -0.2) is 39.7 Å². The van der Waals surface area contributed by atoms with Crippen LogP contribution >= 0.6 is 10.7 Å². The number of imidazole rings is 1. The lowest BCUT2D eigenvalue weighted by Gasteiger charge is -2.01. The molecule has 0 aromatic carbocycles. The normalized spacial score (nSPS) is 12.1. The second kappa shape index (κ2) is 4.55. The standard InChI is InChI=1S/C8H9ClN4O3S/c9-17(15,16)8-6-7(10-4-11-8)13(5-12-6)2-1-3-14/h4-5,14H,1-3H2. The highest BCUT2D eigenvalue weighted by Gasteiger charge is 2.19.